The molecule has 0 atom stereocenters. The number of hydrogen-bond acceptors (Lipinski definition) is 1. The molecule has 1 aromatic heterocycles. The largest absolute Gasteiger partial charge is 0.280 e. The summed E-state index contributed by atoms with van der Waals surface area (Å²) >= 11 is 0. The zero-order chi connectivity index (χ0) is 16.6. The van der Waals surface area contributed by atoms with E-state index in [0.717, 1.165) is 24.6 Å². The summed E-state index contributed by atoms with van der Waals surface area (Å²) in [5.74, 6) is -2.23. The Kier molecular flexibility index (Phi) is 3.94. The van der Waals surface area contributed by atoms with Gasteiger partial charge in [-0.15, -0.1) is 0 Å². The molecule has 3 aromatic rings. The number of pyridine rings is 1. The van der Waals surface area contributed by atoms with Gasteiger partial charge < -0.3 is 0 Å². The van der Waals surface area contributed by atoms with Gasteiger partial charge in [0.15, 0.2) is 0 Å². The minimum atomic E-state index is -0.789. The van der Waals surface area contributed by atoms with Crippen molar-refractivity contribution in [2.24, 2.45) is 0 Å². The molecule has 0 spiro atoms. The van der Waals surface area contributed by atoms with E-state index in [0.29, 0.717) is 17.5 Å². The monoisotopic (exact) mass is 317 g/mol. The normalized spacial score (nSPS) is 11.1. The van der Waals surface area contributed by atoms with Gasteiger partial charge in [-0.3, -0.25) is 9.36 Å². The van der Waals surface area contributed by atoms with Crippen molar-refractivity contribution in [1.82, 2.24) is 4.57 Å². The van der Waals surface area contributed by atoms with Crippen molar-refractivity contribution in [2.75, 3.05) is 0 Å². The van der Waals surface area contributed by atoms with Crippen LogP contribution in [0.4, 0.5) is 13.2 Å². The molecule has 0 unspecified atom stereocenters. The molecule has 0 aliphatic heterocycles. The molecule has 0 bridgehead atoms. The molecule has 2 aromatic carbocycles. The van der Waals surface area contributed by atoms with Crippen LogP contribution in [0.3, 0.4) is 0 Å². The maximum atomic E-state index is 14.1. The van der Waals surface area contributed by atoms with Crippen molar-refractivity contribution in [1.29, 1.82) is 0 Å². The van der Waals surface area contributed by atoms with Crippen LogP contribution in [0.15, 0.2) is 47.3 Å². The van der Waals surface area contributed by atoms with Gasteiger partial charge in [0.05, 0.1) is 11.1 Å². The summed E-state index contributed by atoms with van der Waals surface area (Å²) in [6.45, 7) is 1.93. The first-order valence-corrected chi connectivity index (χ1v) is 7.31. The Hall–Kier alpha value is -2.56. The summed E-state index contributed by atoms with van der Waals surface area (Å²) < 4.78 is 42.3. The first-order valence-electron chi connectivity index (χ1n) is 7.31. The Bertz CT molecular complexity index is 927. The number of benzene rings is 2. The first-order chi connectivity index (χ1) is 11.0. The number of nitrogens with zero attached hydrogens (tertiary/aromatic N) is 1. The van der Waals surface area contributed by atoms with Crippen LogP contribution < -0.4 is 5.56 Å². The van der Waals surface area contributed by atoms with Gasteiger partial charge in [-0.1, -0.05) is 25.5 Å². The molecule has 2 nitrogen and oxygen atoms in total. The number of halogens is 3. The molecule has 0 amide bonds. The predicted molar refractivity (Wildman–Crippen MR) is 83.4 cm³/mol. The molecule has 3 rings (SSSR count). The van der Waals surface area contributed by atoms with Crippen LogP contribution in [0.25, 0.3) is 16.5 Å². The quantitative estimate of drug-likeness (QED) is 0.703. The number of aryl methyl sites for hydroxylation is 1. The van der Waals surface area contributed by atoms with Crippen LogP contribution in [0.1, 0.15) is 19.0 Å². The summed E-state index contributed by atoms with van der Waals surface area (Å²) in [4.78, 5) is 12.7. The van der Waals surface area contributed by atoms with E-state index in [2.05, 4.69) is 0 Å². The molecule has 23 heavy (non-hydrogen) atoms. The Balaban J connectivity index is 2.42. The fourth-order valence-corrected chi connectivity index (χ4v) is 2.76. The van der Waals surface area contributed by atoms with Crippen molar-refractivity contribution in [3.8, 4) is 5.69 Å². The van der Waals surface area contributed by atoms with E-state index in [4.69, 9.17) is 0 Å². The van der Waals surface area contributed by atoms with E-state index in [1.165, 1.54) is 16.7 Å². The summed E-state index contributed by atoms with van der Waals surface area (Å²) in [6.07, 6.45) is 1.26. The van der Waals surface area contributed by atoms with Gasteiger partial charge in [0.2, 0.25) is 0 Å². The Morgan fingerprint density at radius 1 is 1.00 bits per heavy atom. The molecule has 0 fully saturated rings. The number of fused-ring (bicyclic) bond motifs is 1. The molecule has 5 heteroatoms. The molecule has 118 valence electrons. The lowest BCUT2D eigenvalue weighted by atomic mass is 10.1. The lowest BCUT2D eigenvalue weighted by Crippen LogP contribution is -2.23. The predicted octanol–water partition coefficient (Wildman–Crippen LogP) is 4.36. The highest BCUT2D eigenvalue weighted by molar-refractivity contribution is 5.83. The lowest BCUT2D eigenvalue weighted by Gasteiger charge is -2.15. The summed E-state index contributed by atoms with van der Waals surface area (Å²) in [6, 6.07) is 8.92. The number of aromatic nitrogens is 1. The van der Waals surface area contributed by atoms with Gasteiger partial charge in [0.1, 0.15) is 17.5 Å². The zero-order valence-electron chi connectivity index (χ0n) is 12.4. The molecule has 1 heterocycles. The lowest BCUT2D eigenvalue weighted by molar-refractivity contribution is 0.580. The van der Waals surface area contributed by atoms with E-state index < -0.39 is 23.0 Å². The SMILES string of the molecule is CCCc1cc2cccc(F)c2c(=O)n1-c1cc(F)cc(F)c1. The van der Waals surface area contributed by atoms with Crippen LogP contribution in [0, 0.1) is 17.5 Å². The van der Waals surface area contributed by atoms with Crippen molar-refractivity contribution >= 4 is 10.8 Å². The smallest absolute Gasteiger partial charge is 0.266 e. The van der Waals surface area contributed by atoms with Gasteiger partial charge in [-0.2, -0.15) is 0 Å². The first kappa shape index (κ1) is 15.3. The average molecular weight is 317 g/mol. The second-order valence-corrected chi connectivity index (χ2v) is 5.36. The molecular weight excluding hydrogens is 303 g/mol. The Morgan fingerprint density at radius 3 is 2.35 bits per heavy atom. The third-order valence-corrected chi connectivity index (χ3v) is 3.68. The van der Waals surface area contributed by atoms with Crippen LogP contribution in [0.5, 0.6) is 0 Å². The minimum Gasteiger partial charge on any atom is -0.280 e. The summed E-state index contributed by atoms with van der Waals surface area (Å²) in [5, 5.41) is 0.392. The van der Waals surface area contributed by atoms with Gasteiger partial charge in [-0.25, -0.2) is 13.2 Å². The average Bonchev–Trinajstić information content (AvgIpc) is 2.46. The molecule has 0 saturated heterocycles. The molecule has 0 N–H and O–H groups in total. The van der Waals surface area contributed by atoms with E-state index in [1.54, 1.807) is 12.1 Å². The Morgan fingerprint density at radius 2 is 1.70 bits per heavy atom. The second-order valence-electron chi connectivity index (χ2n) is 5.36. The van der Waals surface area contributed by atoms with E-state index in [9.17, 15) is 18.0 Å². The van der Waals surface area contributed by atoms with Gasteiger partial charge >= 0.3 is 0 Å². The van der Waals surface area contributed by atoms with Gasteiger partial charge in [0.25, 0.3) is 5.56 Å². The molecule has 0 aliphatic carbocycles. The zero-order valence-corrected chi connectivity index (χ0v) is 12.4. The third-order valence-electron chi connectivity index (χ3n) is 3.68. The summed E-state index contributed by atoms with van der Waals surface area (Å²) in [5.41, 5.74) is 0.0238. The standard InChI is InChI=1S/C18H14F3NO/c1-2-4-14-7-11-5-3-6-16(21)17(11)18(23)22(14)15-9-12(19)8-13(20)10-15/h3,5-10H,2,4H2,1H3. The maximum Gasteiger partial charge on any atom is 0.266 e. The van der Waals surface area contributed by atoms with Crippen molar-refractivity contribution in [2.45, 2.75) is 19.8 Å². The van der Waals surface area contributed by atoms with E-state index >= 15 is 0 Å². The summed E-state index contributed by atoms with van der Waals surface area (Å²) in [7, 11) is 0. The number of hydrogen-bond donors (Lipinski definition) is 0. The highest BCUT2D eigenvalue weighted by Crippen LogP contribution is 2.20. The third kappa shape index (κ3) is 2.74. The highest BCUT2D eigenvalue weighted by Gasteiger charge is 2.15. The van der Waals surface area contributed by atoms with Crippen molar-refractivity contribution in [3.05, 3.63) is 76.0 Å². The van der Waals surface area contributed by atoms with E-state index in [1.807, 2.05) is 6.92 Å². The van der Waals surface area contributed by atoms with Crippen molar-refractivity contribution in [3.63, 3.8) is 0 Å². The van der Waals surface area contributed by atoms with Crippen LogP contribution in [-0.2, 0) is 6.42 Å². The fourth-order valence-electron chi connectivity index (χ4n) is 2.76. The molecule has 0 saturated carbocycles. The minimum absolute atomic E-state index is 0.0566. The van der Waals surface area contributed by atoms with Crippen molar-refractivity contribution < 1.29 is 13.2 Å². The van der Waals surface area contributed by atoms with Crippen LogP contribution in [0.2, 0.25) is 0 Å². The van der Waals surface area contributed by atoms with Gasteiger partial charge in [0, 0.05) is 11.8 Å². The highest BCUT2D eigenvalue weighted by atomic mass is 19.1. The topological polar surface area (TPSA) is 22.0 Å². The van der Waals surface area contributed by atoms with Crippen LogP contribution in [-0.4, -0.2) is 4.57 Å². The molecule has 0 aliphatic rings. The van der Waals surface area contributed by atoms with E-state index in [-0.39, 0.29) is 11.1 Å². The molecule has 0 radical (unpaired) electrons. The molecular formula is C18H14F3NO. The van der Waals surface area contributed by atoms with Crippen LogP contribution >= 0.6 is 0 Å². The second kappa shape index (κ2) is 5.91. The Labute approximate surface area is 130 Å². The maximum absolute atomic E-state index is 14.1. The number of rotatable bonds is 3. The fraction of sp³-hybridized carbons (Fsp3) is 0.167. The van der Waals surface area contributed by atoms with Gasteiger partial charge in [-0.05, 0) is 36.1 Å².